The number of nitriles is 1. The molecule has 6 nitrogen and oxygen atoms in total. The zero-order chi connectivity index (χ0) is 19.4. The van der Waals surface area contributed by atoms with Crippen LogP contribution in [0.2, 0.25) is 0 Å². The molecule has 0 aliphatic carbocycles. The number of carbonyl (C=O) groups is 1. The van der Waals surface area contributed by atoms with Crippen molar-refractivity contribution in [3.8, 4) is 6.07 Å². The molecule has 0 aliphatic heterocycles. The number of rotatable bonds is 4. The van der Waals surface area contributed by atoms with Gasteiger partial charge in [0.05, 0.1) is 11.6 Å². The minimum absolute atomic E-state index is 0.264. The molecule has 134 valence electrons. The molecule has 27 heavy (non-hydrogen) atoms. The highest BCUT2D eigenvalue weighted by Crippen LogP contribution is 2.23. The molecule has 1 amide bonds. The second-order valence-corrected chi connectivity index (χ2v) is 6.25. The van der Waals surface area contributed by atoms with Crippen molar-refractivity contribution < 1.29 is 4.79 Å². The maximum atomic E-state index is 12.6. The molecule has 0 saturated heterocycles. The van der Waals surface area contributed by atoms with Crippen LogP contribution < -0.4 is 10.6 Å². The van der Waals surface area contributed by atoms with Crippen molar-refractivity contribution in [3.63, 3.8) is 0 Å². The molecule has 6 heteroatoms. The fourth-order valence-electron chi connectivity index (χ4n) is 2.69. The maximum Gasteiger partial charge on any atom is 0.274 e. The molecular formula is C21H19N5O. The Morgan fingerprint density at radius 3 is 2.30 bits per heavy atom. The summed E-state index contributed by atoms with van der Waals surface area (Å²) in [6.45, 7) is 5.82. The van der Waals surface area contributed by atoms with Crippen molar-refractivity contribution in [2.45, 2.75) is 20.8 Å². The molecule has 2 N–H and O–H groups in total. The Hall–Kier alpha value is -3.72. The molecule has 0 fully saturated rings. The van der Waals surface area contributed by atoms with Gasteiger partial charge >= 0.3 is 0 Å². The lowest BCUT2D eigenvalue weighted by molar-refractivity contribution is 0.102. The fourth-order valence-corrected chi connectivity index (χ4v) is 2.69. The van der Waals surface area contributed by atoms with E-state index in [1.54, 1.807) is 30.3 Å². The monoisotopic (exact) mass is 357 g/mol. The van der Waals surface area contributed by atoms with E-state index in [-0.39, 0.29) is 11.6 Å². The van der Waals surface area contributed by atoms with Gasteiger partial charge in [0.25, 0.3) is 5.91 Å². The number of hydrogen-bond acceptors (Lipinski definition) is 5. The third kappa shape index (κ3) is 4.28. The summed E-state index contributed by atoms with van der Waals surface area (Å²) in [6.07, 6.45) is 0. The minimum Gasteiger partial charge on any atom is -0.324 e. The summed E-state index contributed by atoms with van der Waals surface area (Å²) in [5.41, 5.74) is 5.16. The van der Waals surface area contributed by atoms with E-state index in [4.69, 9.17) is 5.26 Å². The quantitative estimate of drug-likeness (QED) is 0.728. The maximum absolute atomic E-state index is 12.6. The number of anilines is 3. The Balaban J connectivity index is 1.84. The van der Waals surface area contributed by atoms with Crippen LogP contribution in [0.3, 0.4) is 0 Å². The van der Waals surface area contributed by atoms with Crippen molar-refractivity contribution in [2.75, 3.05) is 10.6 Å². The molecule has 0 unspecified atom stereocenters. The zero-order valence-electron chi connectivity index (χ0n) is 15.4. The summed E-state index contributed by atoms with van der Waals surface area (Å²) >= 11 is 0. The average Bonchev–Trinajstić information content (AvgIpc) is 2.65. The molecule has 3 aromatic rings. The highest BCUT2D eigenvalue weighted by Gasteiger charge is 2.12. The number of benzene rings is 2. The second kappa shape index (κ2) is 7.67. The highest BCUT2D eigenvalue weighted by atomic mass is 16.1. The van der Waals surface area contributed by atoms with Crippen LogP contribution in [0, 0.1) is 32.1 Å². The van der Waals surface area contributed by atoms with Gasteiger partial charge in [-0.1, -0.05) is 18.2 Å². The smallest absolute Gasteiger partial charge is 0.274 e. The number of nitrogens with one attached hydrogen (secondary N) is 2. The summed E-state index contributed by atoms with van der Waals surface area (Å²) < 4.78 is 0. The van der Waals surface area contributed by atoms with Crippen LogP contribution in [-0.2, 0) is 0 Å². The first-order valence-corrected chi connectivity index (χ1v) is 8.46. The van der Waals surface area contributed by atoms with Crippen LogP contribution in [0.1, 0.15) is 32.9 Å². The zero-order valence-corrected chi connectivity index (χ0v) is 15.4. The third-order valence-corrected chi connectivity index (χ3v) is 4.08. The van der Waals surface area contributed by atoms with Crippen molar-refractivity contribution >= 4 is 23.2 Å². The van der Waals surface area contributed by atoms with E-state index in [2.05, 4.69) is 20.6 Å². The molecule has 1 aromatic heterocycles. The Labute approximate surface area is 157 Å². The number of carbonyl (C=O) groups excluding carboxylic acids is 1. The Morgan fingerprint density at radius 1 is 1.00 bits per heavy atom. The average molecular weight is 357 g/mol. The normalized spacial score (nSPS) is 10.1. The van der Waals surface area contributed by atoms with Gasteiger partial charge in [-0.05, 0) is 62.2 Å². The standard InChI is InChI=1S/C21H19N5O/c1-13-5-4-6-14(2)19(13)26-21-23-15(3)11-18(25-21)20(27)24-17-9-7-16(12-22)8-10-17/h4-11H,1-3H3,(H,24,27)(H,23,25,26). The van der Waals surface area contributed by atoms with Gasteiger partial charge in [-0.15, -0.1) is 0 Å². The molecule has 1 heterocycles. The van der Waals surface area contributed by atoms with Gasteiger partial charge in [0, 0.05) is 17.1 Å². The largest absolute Gasteiger partial charge is 0.324 e. The summed E-state index contributed by atoms with van der Waals surface area (Å²) in [7, 11) is 0. The van der Waals surface area contributed by atoms with Gasteiger partial charge < -0.3 is 10.6 Å². The lowest BCUT2D eigenvalue weighted by Crippen LogP contribution is -2.15. The second-order valence-electron chi connectivity index (χ2n) is 6.25. The predicted molar refractivity (Wildman–Crippen MR) is 105 cm³/mol. The molecular weight excluding hydrogens is 338 g/mol. The Bertz CT molecular complexity index is 1020. The molecule has 0 aliphatic rings. The van der Waals surface area contributed by atoms with Gasteiger partial charge in [-0.25, -0.2) is 9.97 Å². The molecule has 2 aromatic carbocycles. The van der Waals surface area contributed by atoms with Gasteiger partial charge in [0.15, 0.2) is 0 Å². The lowest BCUT2D eigenvalue weighted by atomic mass is 10.1. The van der Waals surface area contributed by atoms with Crippen molar-refractivity contribution in [1.29, 1.82) is 5.26 Å². The predicted octanol–water partition coefficient (Wildman–Crippen LogP) is 4.27. The van der Waals surface area contributed by atoms with Crippen LogP contribution in [0.4, 0.5) is 17.3 Å². The van der Waals surface area contributed by atoms with E-state index >= 15 is 0 Å². The number of aromatic nitrogens is 2. The van der Waals surface area contributed by atoms with Crippen molar-refractivity contribution in [3.05, 3.63) is 76.6 Å². The molecule has 0 saturated carbocycles. The third-order valence-electron chi connectivity index (χ3n) is 4.08. The van der Waals surface area contributed by atoms with Crippen LogP contribution in [-0.4, -0.2) is 15.9 Å². The van der Waals surface area contributed by atoms with Crippen LogP contribution in [0.15, 0.2) is 48.5 Å². The SMILES string of the molecule is Cc1cc(C(=O)Nc2ccc(C#N)cc2)nc(Nc2c(C)cccc2C)n1. The number of amides is 1. The van der Waals surface area contributed by atoms with E-state index in [1.165, 1.54) is 0 Å². The van der Waals surface area contributed by atoms with Gasteiger partial charge in [-0.3, -0.25) is 4.79 Å². The number of nitrogens with zero attached hydrogens (tertiary/aromatic N) is 3. The van der Waals surface area contributed by atoms with Gasteiger partial charge in [0.1, 0.15) is 5.69 Å². The highest BCUT2D eigenvalue weighted by molar-refractivity contribution is 6.03. The minimum atomic E-state index is -0.338. The summed E-state index contributed by atoms with van der Waals surface area (Å²) in [5, 5.41) is 14.8. The summed E-state index contributed by atoms with van der Waals surface area (Å²) in [5.74, 6) is 0.0344. The fraction of sp³-hybridized carbons (Fsp3) is 0.143. The van der Waals surface area contributed by atoms with Gasteiger partial charge in [0.2, 0.25) is 5.95 Å². The van der Waals surface area contributed by atoms with E-state index in [9.17, 15) is 4.79 Å². The lowest BCUT2D eigenvalue weighted by Gasteiger charge is -2.12. The molecule has 0 bridgehead atoms. The van der Waals surface area contributed by atoms with E-state index in [0.29, 0.717) is 22.9 Å². The topological polar surface area (TPSA) is 90.7 Å². The van der Waals surface area contributed by atoms with E-state index in [0.717, 1.165) is 16.8 Å². The van der Waals surface area contributed by atoms with Gasteiger partial charge in [-0.2, -0.15) is 5.26 Å². The Morgan fingerprint density at radius 2 is 1.67 bits per heavy atom. The number of hydrogen-bond donors (Lipinski definition) is 2. The number of para-hydroxylation sites is 1. The summed E-state index contributed by atoms with van der Waals surface area (Å²) in [4.78, 5) is 21.3. The molecule has 0 atom stereocenters. The first kappa shape index (κ1) is 18.1. The van der Waals surface area contributed by atoms with E-state index < -0.39 is 0 Å². The summed E-state index contributed by atoms with van der Waals surface area (Å²) in [6, 6.07) is 16.3. The van der Waals surface area contributed by atoms with Crippen molar-refractivity contribution in [2.24, 2.45) is 0 Å². The first-order chi connectivity index (χ1) is 13.0. The van der Waals surface area contributed by atoms with Crippen LogP contribution in [0.5, 0.6) is 0 Å². The molecule has 0 spiro atoms. The van der Waals surface area contributed by atoms with Crippen LogP contribution >= 0.6 is 0 Å². The number of aryl methyl sites for hydroxylation is 3. The molecule has 0 radical (unpaired) electrons. The van der Waals surface area contributed by atoms with E-state index in [1.807, 2.05) is 45.0 Å². The molecule has 3 rings (SSSR count). The first-order valence-electron chi connectivity index (χ1n) is 8.46. The van der Waals surface area contributed by atoms with Crippen molar-refractivity contribution in [1.82, 2.24) is 9.97 Å². The van der Waals surface area contributed by atoms with Crippen LogP contribution in [0.25, 0.3) is 0 Å². The Kier molecular flexibility index (Phi) is 5.13.